The van der Waals surface area contributed by atoms with Crippen LogP contribution >= 0.6 is 0 Å². The van der Waals surface area contributed by atoms with E-state index >= 15 is 0 Å². The number of piperidine rings is 1. The van der Waals surface area contributed by atoms with Crippen LogP contribution in [0.5, 0.6) is 5.75 Å². The fraction of sp³-hybridized carbons (Fsp3) is 0.524. The average molecular weight is 370 g/mol. The van der Waals surface area contributed by atoms with Crippen LogP contribution < -0.4 is 5.32 Å². The molecule has 1 aliphatic carbocycles. The highest BCUT2D eigenvalue weighted by molar-refractivity contribution is 5.73. The second kappa shape index (κ2) is 7.43. The minimum Gasteiger partial charge on any atom is -0.504 e. The first kappa shape index (κ1) is 18.2. The van der Waals surface area contributed by atoms with Crippen molar-refractivity contribution < 1.29 is 9.50 Å². The minimum absolute atomic E-state index is 0.327. The van der Waals surface area contributed by atoms with Crippen LogP contribution in [0.3, 0.4) is 0 Å². The highest BCUT2D eigenvalue weighted by Crippen LogP contribution is 2.38. The molecule has 1 aromatic heterocycles. The topological polar surface area (TPSA) is 61.3 Å². The van der Waals surface area contributed by atoms with Gasteiger partial charge in [0.05, 0.1) is 0 Å². The number of nitrogens with zero attached hydrogens (tertiary/aromatic N) is 3. The second-order valence-corrected chi connectivity index (χ2v) is 7.90. The van der Waals surface area contributed by atoms with Crippen LogP contribution in [-0.4, -0.2) is 46.4 Å². The average Bonchev–Trinajstić information content (AvgIpc) is 2.67. The SMILES string of the molecule is Cc1ccc(-c2nnc(NC3CCCN(C)C3)c3c2CCCC3)c(O)c1F. The van der Waals surface area contributed by atoms with Crippen LogP contribution in [0.1, 0.15) is 42.4 Å². The Labute approximate surface area is 159 Å². The van der Waals surface area contributed by atoms with Gasteiger partial charge in [-0.05, 0) is 76.2 Å². The molecule has 144 valence electrons. The molecule has 2 heterocycles. The lowest BCUT2D eigenvalue weighted by Gasteiger charge is -2.31. The highest BCUT2D eigenvalue weighted by Gasteiger charge is 2.25. The summed E-state index contributed by atoms with van der Waals surface area (Å²) in [6.07, 6.45) is 6.33. The maximum atomic E-state index is 14.2. The summed E-state index contributed by atoms with van der Waals surface area (Å²) < 4.78 is 14.2. The largest absolute Gasteiger partial charge is 0.504 e. The molecule has 0 saturated carbocycles. The number of nitrogens with one attached hydrogen (secondary N) is 1. The Morgan fingerprint density at radius 3 is 2.70 bits per heavy atom. The van der Waals surface area contributed by atoms with Crippen LogP contribution in [0, 0.1) is 12.7 Å². The summed E-state index contributed by atoms with van der Waals surface area (Å²) in [5.74, 6) is -0.0428. The van der Waals surface area contributed by atoms with Crippen LogP contribution in [0.2, 0.25) is 0 Å². The summed E-state index contributed by atoms with van der Waals surface area (Å²) >= 11 is 0. The molecule has 0 radical (unpaired) electrons. The second-order valence-electron chi connectivity index (χ2n) is 7.90. The van der Waals surface area contributed by atoms with E-state index in [-0.39, 0.29) is 5.75 Å². The van der Waals surface area contributed by atoms with Crippen LogP contribution in [0.4, 0.5) is 10.2 Å². The number of benzene rings is 1. The molecule has 1 atom stereocenters. The van der Waals surface area contributed by atoms with Gasteiger partial charge in [0.1, 0.15) is 5.69 Å². The Hall–Kier alpha value is -2.21. The molecule has 1 aromatic carbocycles. The normalized spacial score (nSPS) is 20.3. The minimum atomic E-state index is -0.577. The zero-order valence-electron chi connectivity index (χ0n) is 16.1. The number of halogens is 1. The maximum Gasteiger partial charge on any atom is 0.168 e. The molecular formula is C21H27FN4O. The smallest absolute Gasteiger partial charge is 0.168 e. The van der Waals surface area contributed by atoms with E-state index in [4.69, 9.17) is 0 Å². The lowest BCUT2D eigenvalue weighted by Crippen LogP contribution is -2.40. The van der Waals surface area contributed by atoms with E-state index in [1.54, 1.807) is 19.1 Å². The Morgan fingerprint density at radius 1 is 1.15 bits per heavy atom. The third kappa shape index (κ3) is 3.50. The molecule has 2 aliphatic rings. The van der Waals surface area contributed by atoms with Crippen molar-refractivity contribution in [3.05, 3.63) is 34.6 Å². The lowest BCUT2D eigenvalue weighted by molar-refractivity contribution is 0.260. The summed E-state index contributed by atoms with van der Waals surface area (Å²) in [6, 6.07) is 3.81. The van der Waals surface area contributed by atoms with E-state index in [2.05, 4.69) is 27.5 Å². The molecule has 1 fully saturated rings. The maximum absolute atomic E-state index is 14.2. The Kier molecular flexibility index (Phi) is 5.00. The van der Waals surface area contributed by atoms with Crippen molar-refractivity contribution in [3.8, 4) is 17.0 Å². The molecule has 0 bridgehead atoms. The number of rotatable bonds is 3. The number of likely N-dealkylation sites (tertiary alicyclic amines) is 1. The molecule has 4 rings (SSSR count). The number of hydrogen-bond acceptors (Lipinski definition) is 5. The summed E-state index contributed by atoms with van der Waals surface area (Å²) in [6.45, 7) is 3.79. The number of phenols is 1. The van der Waals surface area contributed by atoms with Gasteiger partial charge in [0, 0.05) is 23.7 Å². The predicted octanol–water partition coefficient (Wildman–Crippen LogP) is 3.68. The molecule has 2 aromatic rings. The van der Waals surface area contributed by atoms with Gasteiger partial charge in [-0.15, -0.1) is 10.2 Å². The van der Waals surface area contributed by atoms with Crippen molar-refractivity contribution in [2.75, 3.05) is 25.5 Å². The van der Waals surface area contributed by atoms with Crippen LogP contribution in [0.15, 0.2) is 12.1 Å². The van der Waals surface area contributed by atoms with Crippen molar-refractivity contribution in [1.82, 2.24) is 15.1 Å². The van der Waals surface area contributed by atoms with Gasteiger partial charge in [-0.3, -0.25) is 0 Å². The quantitative estimate of drug-likeness (QED) is 0.863. The summed E-state index contributed by atoms with van der Waals surface area (Å²) in [5, 5.41) is 22.8. The van der Waals surface area contributed by atoms with E-state index in [1.807, 2.05) is 0 Å². The molecule has 1 saturated heterocycles. The van der Waals surface area contributed by atoms with E-state index in [9.17, 15) is 9.50 Å². The van der Waals surface area contributed by atoms with Gasteiger partial charge in [0.25, 0.3) is 0 Å². The van der Waals surface area contributed by atoms with Crippen molar-refractivity contribution in [2.45, 2.75) is 51.5 Å². The zero-order valence-corrected chi connectivity index (χ0v) is 16.1. The zero-order chi connectivity index (χ0) is 19.0. The molecule has 2 N–H and O–H groups in total. The van der Waals surface area contributed by atoms with Crippen molar-refractivity contribution >= 4 is 5.82 Å². The third-order valence-electron chi connectivity index (χ3n) is 5.82. The number of anilines is 1. The highest BCUT2D eigenvalue weighted by atomic mass is 19.1. The summed E-state index contributed by atoms with van der Waals surface area (Å²) in [5.41, 5.74) is 3.76. The molecule has 1 unspecified atom stereocenters. The number of phenolic OH excluding ortho intramolecular Hbond substituents is 1. The first-order valence-electron chi connectivity index (χ1n) is 9.86. The number of likely N-dealkylation sites (N-methyl/N-ethyl adjacent to an activating group) is 1. The lowest BCUT2D eigenvalue weighted by atomic mass is 9.88. The standard InChI is InChI=1S/C21H27FN4O/c1-13-9-10-17(20(27)18(13)22)19-15-7-3-4-8-16(15)21(25-24-19)23-14-6-5-11-26(2)12-14/h9-10,14,27H,3-8,11-12H2,1-2H3,(H,23,25). The van der Waals surface area contributed by atoms with Gasteiger partial charge in [0.15, 0.2) is 17.4 Å². The van der Waals surface area contributed by atoms with Gasteiger partial charge >= 0.3 is 0 Å². The summed E-state index contributed by atoms with van der Waals surface area (Å²) in [7, 11) is 2.15. The van der Waals surface area contributed by atoms with Gasteiger partial charge in [-0.1, -0.05) is 6.07 Å². The van der Waals surface area contributed by atoms with Gasteiger partial charge in [-0.25, -0.2) is 4.39 Å². The number of hydrogen-bond donors (Lipinski definition) is 2. The van der Waals surface area contributed by atoms with Crippen molar-refractivity contribution in [1.29, 1.82) is 0 Å². The summed E-state index contributed by atoms with van der Waals surface area (Å²) in [4.78, 5) is 2.34. The molecule has 0 amide bonds. The monoisotopic (exact) mass is 370 g/mol. The van der Waals surface area contributed by atoms with Gasteiger partial charge < -0.3 is 15.3 Å². The predicted molar refractivity (Wildman–Crippen MR) is 105 cm³/mol. The third-order valence-corrected chi connectivity index (χ3v) is 5.82. The number of aromatic nitrogens is 2. The molecule has 0 spiro atoms. The van der Waals surface area contributed by atoms with Gasteiger partial charge in [0.2, 0.25) is 0 Å². The fourth-order valence-electron chi connectivity index (χ4n) is 4.32. The Bertz CT molecular complexity index is 855. The molecular weight excluding hydrogens is 343 g/mol. The van der Waals surface area contributed by atoms with E-state index in [0.717, 1.165) is 56.6 Å². The first-order chi connectivity index (χ1) is 13.0. The number of aromatic hydroxyl groups is 1. The first-order valence-corrected chi connectivity index (χ1v) is 9.86. The molecule has 6 heteroatoms. The van der Waals surface area contributed by atoms with Crippen molar-refractivity contribution in [3.63, 3.8) is 0 Å². The van der Waals surface area contributed by atoms with Crippen molar-refractivity contribution in [2.24, 2.45) is 0 Å². The van der Waals surface area contributed by atoms with E-state index < -0.39 is 5.82 Å². The Balaban J connectivity index is 1.72. The Morgan fingerprint density at radius 2 is 1.93 bits per heavy atom. The molecule has 1 aliphatic heterocycles. The molecule has 27 heavy (non-hydrogen) atoms. The van der Waals surface area contributed by atoms with Crippen LogP contribution in [0.25, 0.3) is 11.3 Å². The van der Waals surface area contributed by atoms with Gasteiger partial charge in [-0.2, -0.15) is 0 Å². The fourth-order valence-corrected chi connectivity index (χ4v) is 4.32. The van der Waals surface area contributed by atoms with E-state index in [0.29, 0.717) is 22.9 Å². The number of fused-ring (bicyclic) bond motifs is 1. The van der Waals surface area contributed by atoms with E-state index in [1.165, 1.54) is 12.0 Å². The van der Waals surface area contributed by atoms with Crippen LogP contribution in [-0.2, 0) is 12.8 Å². The molecule has 5 nitrogen and oxygen atoms in total. The number of aryl methyl sites for hydroxylation is 1.